The van der Waals surface area contributed by atoms with Crippen LogP contribution in [0.4, 0.5) is 0 Å². The third kappa shape index (κ3) is 6.96. The molecule has 0 heterocycles. The average molecular weight is 399 g/mol. The number of unbranched alkanes of at least 4 members (excludes halogenated alkanes) is 5. The van der Waals surface area contributed by atoms with E-state index in [0.717, 1.165) is 36.3 Å². The van der Waals surface area contributed by atoms with E-state index >= 15 is 0 Å². The minimum atomic E-state index is 0.798. The van der Waals surface area contributed by atoms with Gasteiger partial charge in [-0.05, 0) is 72.0 Å². The molecule has 30 heavy (non-hydrogen) atoms. The molecule has 156 valence electrons. The van der Waals surface area contributed by atoms with Gasteiger partial charge in [0, 0.05) is 11.1 Å². The fraction of sp³-hybridized carbons (Fsp3) is 0.379. The molecule has 0 saturated heterocycles. The molecule has 0 atom stereocenters. The van der Waals surface area contributed by atoms with Gasteiger partial charge in [-0.3, -0.25) is 0 Å². The van der Waals surface area contributed by atoms with Gasteiger partial charge < -0.3 is 4.74 Å². The third-order valence-corrected chi connectivity index (χ3v) is 5.45. The lowest BCUT2D eigenvalue weighted by Gasteiger charge is -2.07. The van der Waals surface area contributed by atoms with E-state index < -0.39 is 0 Å². The van der Waals surface area contributed by atoms with Crippen LogP contribution in [0.2, 0.25) is 0 Å². The van der Waals surface area contributed by atoms with Crippen molar-refractivity contribution in [1.29, 1.82) is 0 Å². The molecule has 3 rings (SSSR count). The molecule has 0 spiro atoms. The first-order chi connectivity index (χ1) is 14.8. The predicted molar refractivity (Wildman–Crippen MR) is 129 cm³/mol. The second-order valence-corrected chi connectivity index (χ2v) is 8.04. The van der Waals surface area contributed by atoms with Gasteiger partial charge in [0.05, 0.1) is 6.61 Å². The van der Waals surface area contributed by atoms with Crippen LogP contribution in [0.3, 0.4) is 0 Å². The Morgan fingerprint density at radius 2 is 1.30 bits per heavy atom. The SMILES string of the molecule is CCCCCCOc1ccc2cc(C#Cc3ccc(CCCCC)cc3)ccc2c1. The van der Waals surface area contributed by atoms with Crippen molar-refractivity contribution in [3.05, 3.63) is 77.4 Å². The third-order valence-electron chi connectivity index (χ3n) is 5.45. The first kappa shape index (κ1) is 22.0. The summed E-state index contributed by atoms with van der Waals surface area (Å²) in [6.45, 7) is 5.27. The molecule has 3 aromatic carbocycles. The highest BCUT2D eigenvalue weighted by atomic mass is 16.5. The number of fused-ring (bicyclic) bond motifs is 1. The number of ether oxygens (including phenoxy) is 1. The lowest BCUT2D eigenvalue weighted by atomic mass is 10.0. The van der Waals surface area contributed by atoms with Crippen molar-refractivity contribution < 1.29 is 4.74 Å². The van der Waals surface area contributed by atoms with Crippen LogP contribution in [-0.4, -0.2) is 6.61 Å². The smallest absolute Gasteiger partial charge is 0.119 e. The lowest BCUT2D eigenvalue weighted by molar-refractivity contribution is 0.305. The van der Waals surface area contributed by atoms with Crippen molar-refractivity contribution in [3.8, 4) is 17.6 Å². The summed E-state index contributed by atoms with van der Waals surface area (Å²) in [5.41, 5.74) is 3.52. The van der Waals surface area contributed by atoms with Crippen LogP contribution < -0.4 is 4.74 Å². The quantitative estimate of drug-likeness (QED) is 0.249. The molecule has 0 radical (unpaired) electrons. The second-order valence-electron chi connectivity index (χ2n) is 8.04. The van der Waals surface area contributed by atoms with E-state index in [0.29, 0.717) is 0 Å². The molecular formula is C29H34O. The van der Waals surface area contributed by atoms with Crippen molar-refractivity contribution in [2.45, 2.75) is 65.2 Å². The molecule has 1 heteroatoms. The molecule has 0 N–H and O–H groups in total. The summed E-state index contributed by atoms with van der Waals surface area (Å²) < 4.78 is 5.91. The second kappa shape index (κ2) is 12.1. The minimum absolute atomic E-state index is 0.798. The van der Waals surface area contributed by atoms with Crippen molar-refractivity contribution in [2.75, 3.05) is 6.61 Å². The van der Waals surface area contributed by atoms with Crippen LogP contribution in [-0.2, 0) is 6.42 Å². The van der Waals surface area contributed by atoms with E-state index in [-0.39, 0.29) is 0 Å². The molecule has 0 amide bonds. The molecule has 0 bridgehead atoms. The van der Waals surface area contributed by atoms with Crippen LogP contribution in [0, 0.1) is 11.8 Å². The molecule has 0 fully saturated rings. The van der Waals surface area contributed by atoms with Crippen LogP contribution >= 0.6 is 0 Å². The van der Waals surface area contributed by atoms with E-state index in [1.165, 1.54) is 54.9 Å². The van der Waals surface area contributed by atoms with Crippen LogP contribution in [0.25, 0.3) is 10.8 Å². The minimum Gasteiger partial charge on any atom is -0.494 e. The highest BCUT2D eigenvalue weighted by molar-refractivity contribution is 5.85. The Kier molecular flexibility index (Phi) is 8.85. The van der Waals surface area contributed by atoms with Crippen molar-refractivity contribution in [2.24, 2.45) is 0 Å². The number of hydrogen-bond donors (Lipinski definition) is 0. The predicted octanol–water partition coefficient (Wildman–Crippen LogP) is 7.93. The van der Waals surface area contributed by atoms with Gasteiger partial charge in [0.2, 0.25) is 0 Å². The van der Waals surface area contributed by atoms with E-state index in [9.17, 15) is 0 Å². The molecule has 0 aliphatic heterocycles. The zero-order valence-electron chi connectivity index (χ0n) is 18.5. The van der Waals surface area contributed by atoms with Gasteiger partial charge in [0.1, 0.15) is 5.75 Å². The number of rotatable bonds is 10. The zero-order valence-corrected chi connectivity index (χ0v) is 18.5. The van der Waals surface area contributed by atoms with E-state index in [1.54, 1.807) is 0 Å². The van der Waals surface area contributed by atoms with E-state index in [2.05, 4.69) is 86.4 Å². The Balaban J connectivity index is 1.60. The monoisotopic (exact) mass is 398 g/mol. The lowest BCUT2D eigenvalue weighted by Crippen LogP contribution is -1.97. The maximum Gasteiger partial charge on any atom is 0.119 e. The normalized spacial score (nSPS) is 10.6. The molecule has 1 nitrogen and oxygen atoms in total. The summed E-state index contributed by atoms with van der Waals surface area (Å²) >= 11 is 0. The maximum atomic E-state index is 5.91. The largest absolute Gasteiger partial charge is 0.494 e. The zero-order chi connectivity index (χ0) is 21.0. The van der Waals surface area contributed by atoms with Crippen molar-refractivity contribution >= 4 is 10.8 Å². The molecular weight excluding hydrogens is 364 g/mol. The Morgan fingerprint density at radius 1 is 0.633 bits per heavy atom. The summed E-state index contributed by atoms with van der Waals surface area (Å²) in [5.74, 6) is 7.57. The Morgan fingerprint density at radius 3 is 2.10 bits per heavy atom. The number of hydrogen-bond acceptors (Lipinski definition) is 1. The van der Waals surface area contributed by atoms with Crippen LogP contribution in [0.1, 0.15) is 75.5 Å². The first-order valence-corrected chi connectivity index (χ1v) is 11.6. The van der Waals surface area contributed by atoms with Gasteiger partial charge >= 0.3 is 0 Å². The summed E-state index contributed by atoms with van der Waals surface area (Å²) in [6.07, 6.45) is 9.91. The fourth-order valence-corrected chi connectivity index (χ4v) is 3.59. The molecule has 0 aliphatic rings. The van der Waals surface area contributed by atoms with Crippen molar-refractivity contribution in [1.82, 2.24) is 0 Å². The maximum absolute atomic E-state index is 5.91. The molecule has 3 aromatic rings. The highest BCUT2D eigenvalue weighted by Crippen LogP contribution is 2.22. The van der Waals surface area contributed by atoms with Gasteiger partial charge in [-0.2, -0.15) is 0 Å². The fourth-order valence-electron chi connectivity index (χ4n) is 3.59. The van der Waals surface area contributed by atoms with Gasteiger partial charge in [-0.1, -0.05) is 82.1 Å². The van der Waals surface area contributed by atoms with Crippen molar-refractivity contribution in [3.63, 3.8) is 0 Å². The number of benzene rings is 3. The molecule has 0 aliphatic carbocycles. The van der Waals surface area contributed by atoms with Crippen LogP contribution in [0.15, 0.2) is 60.7 Å². The topological polar surface area (TPSA) is 9.23 Å². The summed E-state index contributed by atoms with van der Waals surface area (Å²) in [5, 5.41) is 2.40. The van der Waals surface area contributed by atoms with Gasteiger partial charge in [0.15, 0.2) is 0 Å². The van der Waals surface area contributed by atoms with Gasteiger partial charge in [-0.25, -0.2) is 0 Å². The Hall–Kier alpha value is -2.72. The standard InChI is InChI=1S/C29H34O/c1-3-5-7-9-21-30-29-20-19-27-22-26(17-18-28(27)23-29)16-15-25-13-11-24(12-14-25)10-8-6-4-2/h11-14,17-20,22-23H,3-10,21H2,1-2H3. The summed E-state index contributed by atoms with van der Waals surface area (Å²) in [7, 11) is 0. The molecule has 0 aromatic heterocycles. The average Bonchev–Trinajstić information content (AvgIpc) is 2.78. The molecule has 0 unspecified atom stereocenters. The van der Waals surface area contributed by atoms with Gasteiger partial charge in [-0.15, -0.1) is 0 Å². The van der Waals surface area contributed by atoms with Crippen LogP contribution in [0.5, 0.6) is 5.75 Å². The van der Waals surface area contributed by atoms with E-state index in [4.69, 9.17) is 4.74 Å². The first-order valence-electron chi connectivity index (χ1n) is 11.6. The Bertz CT molecular complexity index is 973. The number of aryl methyl sites for hydroxylation is 1. The van der Waals surface area contributed by atoms with E-state index in [1.807, 2.05) is 0 Å². The molecule has 0 saturated carbocycles. The summed E-state index contributed by atoms with van der Waals surface area (Å²) in [6, 6.07) is 21.4. The Labute approximate surface area is 182 Å². The van der Waals surface area contributed by atoms with Gasteiger partial charge in [0.25, 0.3) is 0 Å². The highest BCUT2D eigenvalue weighted by Gasteiger charge is 1.99. The summed E-state index contributed by atoms with van der Waals surface area (Å²) in [4.78, 5) is 0.